The third kappa shape index (κ3) is 6.62. The van der Waals surface area contributed by atoms with E-state index >= 15 is 0 Å². The lowest BCUT2D eigenvalue weighted by molar-refractivity contribution is -0.115. The van der Waals surface area contributed by atoms with E-state index in [1.807, 2.05) is 50.2 Å². The fourth-order valence-electron chi connectivity index (χ4n) is 4.31. The molecular weight excluding hydrogens is 504 g/mol. The molecule has 1 unspecified atom stereocenters. The van der Waals surface area contributed by atoms with Crippen LogP contribution in [0, 0.1) is 6.92 Å². The van der Waals surface area contributed by atoms with Gasteiger partial charge in [-0.05, 0) is 81.8 Å². The van der Waals surface area contributed by atoms with Crippen LogP contribution < -0.4 is 10.6 Å². The summed E-state index contributed by atoms with van der Waals surface area (Å²) in [6.07, 6.45) is 4.50. The van der Waals surface area contributed by atoms with Gasteiger partial charge in [0.1, 0.15) is 5.00 Å². The Labute approximate surface area is 226 Å². The summed E-state index contributed by atoms with van der Waals surface area (Å²) in [6, 6.07) is 14.9. The third-order valence-electron chi connectivity index (χ3n) is 6.23. The van der Waals surface area contributed by atoms with Crippen molar-refractivity contribution in [1.82, 2.24) is 0 Å². The van der Waals surface area contributed by atoms with Gasteiger partial charge in [-0.3, -0.25) is 9.59 Å². The van der Waals surface area contributed by atoms with Gasteiger partial charge in [0.2, 0.25) is 5.91 Å². The maximum atomic E-state index is 13.3. The largest absolute Gasteiger partial charge is 0.462 e. The second-order valence-corrected chi connectivity index (χ2v) is 11.4. The van der Waals surface area contributed by atoms with Gasteiger partial charge >= 0.3 is 5.97 Å². The zero-order valence-electron chi connectivity index (χ0n) is 21.4. The van der Waals surface area contributed by atoms with Gasteiger partial charge in [0.05, 0.1) is 17.4 Å². The lowest BCUT2D eigenvalue weighted by Gasteiger charge is -2.16. The van der Waals surface area contributed by atoms with Crippen LogP contribution in [0.3, 0.4) is 0 Å². The highest BCUT2D eigenvalue weighted by atomic mass is 32.2. The quantitative estimate of drug-likeness (QED) is 0.230. The Hall–Kier alpha value is -3.10. The number of thioether (sulfide) groups is 1. The van der Waals surface area contributed by atoms with Crippen LogP contribution in [-0.4, -0.2) is 29.6 Å². The molecule has 0 fully saturated rings. The fraction of sp³-hybridized carbons (Fsp3) is 0.345. The summed E-state index contributed by atoms with van der Waals surface area (Å²) in [5.74, 6) is -0.694. The van der Waals surface area contributed by atoms with E-state index in [0.29, 0.717) is 34.8 Å². The molecule has 0 saturated heterocycles. The van der Waals surface area contributed by atoms with Crippen LogP contribution in [0.2, 0.25) is 0 Å². The molecule has 8 heteroatoms. The first-order chi connectivity index (χ1) is 17.9. The highest BCUT2D eigenvalue weighted by Gasteiger charge is 2.29. The number of hydrogen-bond donors (Lipinski definition) is 2. The van der Waals surface area contributed by atoms with Crippen molar-refractivity contribution >= 4 is 51.6 Å². The molecule has 2 aromatic carbocycles. The van der Waals surface area contributed by atoms with E-state index in [0.717, 1.165) is 41.7 Å². The van der Waals surface area contributed by atoms with E-state index in [4.69, 9.17) is 4.74 Å². The van der Waals surface area contributed by atoms with Gasteiger partial charge in [0.15, 0.2) is 0 Å². The van der Waals surface area contributed by atoms with Crippen LogP contribution in [0.15, 0.2) is 53.4 Å². The lowest BCUT2D eigenvalue weighted by Crippen LogP contribution is -2.25. The molecule has 2 N–H and O–H groups in total. The molecule has 194 valence electrons. The van der Waals surface area contributed by atoms with Gasteiger partial charge < -0.3 is 15.4 Å². The number of anilines is 2. The minimum atomic E-state index is -0.366. The Morgan fingerprint density at radius 1 is 1.03 bits per heavy atom. The van der Waals surface area contributed by atoms with Crippen molar-refractivity contribution in [2.45, 2.75) is 63.0 Å². The van der Waals surface area contributed by atoms with Crippen LogP contribution in [0.4, 0.5) is 10.7 Å². The molecule has 1 aliphatic rings. The van der Waals surface area contributed by atoms with Gasteiger partial charge in [-0.1, -0.05) is 30.7 Å². The highest BCUT2D eigenvalue weighted by molar-refractivity contribution is 8.00. The molecule has 4 rings (SSSR count). The Bertz CT molecular complexity index is 1280. The summed E-state index contributed by atoms with van der Waals surface area (Å²) < 4.78 is 5.32. The van der Waals surface area contributed by atoms with Crippen LogP contribution >= 0.6 is 23.1 Å². The van der Waals surface area contributed by atoms with Gasteiger partial charge in [-0.15, -0.1) is 23.1 Å². The summed E-state index contributed by atoms with van der Waals surface area (Å²) in [4.78, 5) is 40.7. The van der Waals surface area contributed by atoms with Crippen molar-refractivity contribution < 1.29 is 19.1 Å². The summed E-state index contributed by atoms with van der Waals surface area (Å²) >= 11 is 2.94. The molecular formula is C29H32N2O4S2. The van der Waals surface area contributed by atoms with Gasteiger partial charge in [0, 0.05) is 21.0 Å². The lowest BCUT2D eigenvalue weighted by atomic mass is 9.95. The van der Waals surface area contributed by atoms with Crippen LogP contribution in [0.5, 0.6) is 0 Å². The Morgan fingerprint density at radius 3 is 2.51 bits per heavy atom. The number of rotatable bonds is 9. The molecule has 2 amide bonds. The SMILES string of the molecule is CCOC(=O)c1c(NC(=O)C(CC)Sc2cccc(NC(=O)c3ccc(C)cc3)c2)sc2c1CCCC2. The zero-order valence-corrected chi connectivity index (χ0v) is 23.0. The van der Waals surface area contributed by atoms with Gasteiger partial charge in [0.25, 0.3) is 5.91 Å². The van der Waals surface area contributed by atoms with Gasteiger partial charge in [-0.2, -0.15) is 0 Å². The van der Waals surface area contributed by atoms with Crippen molar-refractivity contribution in [2.24, 2.45) is 0 Å². The Morgan fingerprint density at radius 2 is 1.78 bits per heavy atom. The Kier molecular flexibility index (Phi) is 9.05. The van der Waals surface area contributed by atoms with Crippen molar-refractivity contribution in [3.8, 4) is 0 Å². The first kappa shape index (κ1) is 26.9. The normalized spacial score (nSPS) is 13.4. The fourth-order valence-corrected chi connectivity index (χ4v) is 6.60. The molecule has 6 nitrogen and oxygen atoms in total. The molecule has 0 bridgehead atoms. The minimum absolute atomic E-state index is 0.147. The summed E-state index contributed by atoms with van der Waals surface area (Å²) in [5.41, 5.74) is 3.90. The molecule has 1 aliphatic carbocycles. The van der Waals surface area contributed by atoms with Crippen molar-refractivity contribution in [2.75, 3.05) is 17.2 Å². The average molecular weight is 537 g/mol. The number of aryl methyl sites for hydroxylation is 2. The van der Waals surface area contributed by atoms with E-state index < -0.39 is 0 Å². The van der Waals surface area contributed by atoms with Crippen LogP contribution in [0.25, 0.3) is 0 Å². The molecule has 37 heavy (non-hydrogen) atoms. The predicted octanol–water partition coefficient (Wildman–Crippen LogP) is 6.87. The number of amides is 2. The van der Waals surface area contributed by atoms with E-state index in [-0.39, 0.29) is 23.0 Å². The highest BCUT2D eigenvalue weighted by Crippen LogP contribution is 2.39. The first-order valence-electron chi connectivity index (χ1n) is 12.7. The van der Waals surface area contributed by atoms with Crippen molar-refractivity contribution in [3.63, 3.8) is 0 Å². The monoisotopic (exact) mass is 536 g/mol. The maximum Gasteiger partial charge on any atom is 0.341 e. The number of hydrogen-bond acceptors (Lipinski definition) is 6. The zero-order chi connectivity index (χ0) is 26.4. The number of carbonyl (C=O) groups excluding carboxylic acids is 3. The molecule has 1 aromatic heterocycles. The smallest absolute Gasteiger partial charge is 0.341 e. The summed E-state index contributed by atoms with van der Waals surface area (Å²) in [6.45, 7) is 6.02. The topological polar surface area (TPSA) is 84.5 Å². The number of carbonyl (C=O) groups is 3. The van der Waals surface area contributed by atoms with E-state index in [2.05, 4.69) is 10.6 Å². The van der Waals surface area contributed by atoms with E-state index in [1.54, 1.807) is 19.1 Å². The van der Waals surface area contributed by atoms with Crippen LogP contribution in [-0.2, 0) is 22.4 Å². The molecule has 0 aliphatic heterocycles. The average Bonchev–Trinajstić information content (AvgIpc) is 3.25. The van der Waals surface area contributed by atoms with Gasteiger partial charge in [-0.25, -0.2) is 4.79 Å². The summed E-state index contributed by atoms with van der Waals surface area (Å²) in [5, 5.41) is 6.20. The molecule has 1 atom stereocenters. The molecule has 0 saturated carbocycles. The summed E-state index contributed by atoms with van der Waals surface area (Å²) in [7, 11) is 0. The van der Waals surface area contributed by atoms with E-state index in [9.17, 15) is 14.4 Å². The second-order valence-electron chi connectivity index (χ2n) is 8.99. The Balaban J connectivity index is 1.47. The number of thiophene rings is 1. The standard InChI is InChI=1S/C29H32N2O4S2/c1-4-23(27(33)31-28-25(29(34)35-5-2)22-11-6-7-12-24(22)37-28)36-21-10-8-9-20(17-21)30-26(32)19-15-13-18(3)14-16-19/h8-10,13-17,23H,4-7,11-12H2,1-3H3,(H,30,32)(H,31,33). The molecule has 0 radical (unpaired) electrons. The first-order valence-corrected chi connectivity index (χ1v) is 14.4. The van der Waals surface area contributed by atoms with Crippen LogP contribution in [0.1, 0.15) is 69.8 Å². The predicted molar refractivity (Wildman–Crippen MR) is 151 cm³/mol. The molecule has 1 heterocycles. The van der Waals surface area contributed by atoms with Crippen molar-refractivity contribution in [3.05, 3.63) is 75.7 Å². The number of fused-ring (bicyclic) bond motifs is 1. The number of ether oxygens (including phenoxy) is 1. The molecule has 0 spiro atoms. The maximum absolute atomic E-state index is 13.3. The molecule has 3 aromatic rings. The van der Waals surface area contributed by atoms with E-state index in [1.165, 1.54) is 28.0 Å². The number of nitrogens with one attached hydrogen (secondary N) is 2. The van der Waals surface area contributed by atoms with Crippen molar-refractivity contribution in [1.29, 1.82) is 0 Å². The second kappa shape index (κ2) is 12.4. The minimum Gasteiger partial charge on any atom is -0.462 e. The third-order valence-corrected chi connectivity index (χ3v) is 8.80. The number of benzene rings is 2. The number of esters is 1.